The van der Waals surface area contributed by atoms with Crippen LogP contribution in [0.3, 0.4) is 0 Å². The molecule has 6 heteroatoms. The summed E-state index contributed by atoms with van der Waals surface area (Å²) < 4.78 is 5.22. The van der Waals surface area contributed by atoms with Crippen molar-refractivity contribution in [3.05, 3.63) is 11.7 Å². The van der Waals surface area contributed by atoms with Crippen molar-refractivity contribution in [3.8, 4) is 0 Å². The zero-order valence-electron chi connectivity index (χ0n) is 11.5. The lowest BCUT2D eigenvalue weighted by atomic mass is 10.0. The number of aliphatic carboxylic acids is 1. The third-order valence-electron chi connectivity index (χ3n) is 3.50. The van der Waals surface area contributed by atoms with Gasteiger partial charge >= 0.3 is 5.97 Å². The molecule has 6 nitrogen and oxygen atoms in total. The van der Waals surface area contributed by atoms with Crippen molar-refractivity contribution in [2.24, 2.45) is 5.92 Å². The molecule has 0 aromatic carbocycles. The lowest BCUT2D eigenvalue weighted by Crippen LogP contribution is -2.20. The predicted octanol–water partition coefficient (Wildman–Crippen LogP) is 1.88. The largest absolute Gasteiger partial charge is 0.481 e. The van der Waals surface area contributed by atoms with Crippen LogP contribution in [0, 0.1) is 5.92 Å². The number of rotatable bonds is 6. The maximum absolute atomic E-state index is 10.5. The van der Waals surface area contributed by atoms with Crippen molar-refractivity contribution in [1.29, 1.82) is 0 Å². The Balaban J connectivity index is 1.79. The molecule has 0 aliphatic carbocycles. The molecule has 1 unspecified atom stereocenters. The van der Waals surface area contributed by atoms with Gasteiger partial charge in [0.05, 0.1) is 6.54 Å². The molecule has 2 rings (SSSR count). The van der Waals surface area contributed by atoms with E-state index in [0.717, 1.165) is 31.8 Å². The fourth-order valence-corrected chi connectivity index (χ4v) is 2.38. The van der Waals surface area contributed by atoms with Crippen LogP contribution in [0.5, 0.6) is 0 Å². The van der Waals surface area contributed by atoms with Gasteiger partial charge in [-0.2, -0.15) is 4.98 Å². The lowest BCUT2D eigenvalue weighted by Gasteiger charge is -2.12. The van der Waals surface area contributed by atoms with Crippen LogP contribution in [0.1, 0.15) is 50.7 Å². The van der Waals surface area contributed by atoms with Crippen molar-refractivity contribution < 1.29 is 14.4 Å². The zero-order chi connectivity index (χ0) is 13.8. The van der Waals surface area contributed by atoms with E-state index in [9.17, 15) is 4.79 Å². The second-order valence-corrected chi connectivity index (χ2v) is 5.52. The first-order chi connectivity index (χ1) is 9.04. The van der Waals surface area contributed by atoms with Gasteiger partial charge in [0.15, 0.2) is 5.82 Å². The van der Waals surface area contributed by atoms with Gasteiger partial charge in [-0.3, -0.25) is 9.69 Å². The maximum Gasteiger partial charge on any atom is 0.303 e. The van der Waals surface area contributed by atoms with E-state index in [-0.39, 0.29) is 12.3 Å². The average molecular weight is 267 g/mol. The molecule has 1 aliphatic rings. The van der Waals surface area contributed by atoms with Crippen molar-refractivity contribution >= 4 is 5.97 Å². The zero-order valence-corrected chi connectivity index (χ0v) is 11.5. The minimum Gasteiger partial charge on any atom is -0.481 e. The summed E-state index contributed by atoms with van der Waals surface area (Å²) in [7, 11) is 0. The molecular weight excluding hydrogens is 246 g/mol. The van der Waals surface area contributed by atoms with Gasteiger partial charge in [0.2, 0.25) is 5.89 Å². The number of carbonyl (C=O) groups is 1. The van der Waals surface area contributed by atoms with E-state index in [2.05, 4.69) is 15.0 Å². The van der Waals surface area contributed by atoms with Crippen LogP contribution >= 0.6 is 0 Å². The maximum atomic E-state index is 10.5. The highest BCUT2D eigenvalue weighted by Gasteiger charge is 2.24. The third kappa shape index (κ3) is 4.02. The predicted molar refractivity (Wildman–Crippen MR) is 68.6 cm³/mol. The van der Waals surface area contributed by atoms with E-state index in [0.29, 0.717) is 18.4 Å². The number of carboxylic acids is 1. The first-order valence-electron chi connectivity index (χ1n) is 6.81. The van der Waals surface area contributed by atoms with Crippen LogP contribution in [0.15, 0.2) is 4.52 Å². The van der Waals surface area contributed by atoms with Crippen molar-refractivity contribution in [2.45, 2.75) is 45.6 Å². The molecule has 19 heavy (non-hydrogen) atoms. The Labute approximate surface area is 112 Å². The van der Waals surface area contributed by atoms with E-state index in [1.54, 1.807) is 0 Å². The summed E-state index contributed by atoms with van der Waals surface area (Å²) in [5.41, 5.74) is 0. The van der Waals surface area contributed by atoms with Crippen LogP contribution < -0.4 is 0 Å². The number of nitrogens with zero attached hydrogens (tertiary/aromatic N) is 3. The molecule has 0 amide bonds. The highest BCUT2D eigenvalue weighted by Crippen LogP contribution is 2.22. The molecule has 0 bridgehead atoms. The van der Waals surface area contributed by atoms with E-state index in [4.69, 9.17) is 9.63 Å². The standard InChI is InChI=1S/C13H21N3O3/c1-9(2)13-14-11(19-15-13)8-16-6-5-10(7-16)3-4-12(17)18/h9-10H,3-8H2,1-2H3,(H,17,18). The summed E-state index contributed by atoms with van der Waals surface area (Å²) in [4.78, 5) is 17.2. The van der Waals surface area contributed by atoms with E-state index < -0.39 is 5.97 Å². The Morgan fingerprint density at radius 1 is 1.58 bits per heavy atom. The molecule has 0 radical (unpaired) electrons. The van der Waals surface area contributed by atoms with E-state index in [1.807, 2.05) is 13.8 Å². The summed E-state index contributed by atoms with van der Waals surface area (Å²) in [6.45, 7) is 6.64. The molecule has 2 heterocycles. The quantitative estimate of drug-likeness (QED) is 0.847. The Kier molecular flexibility index (Phi) is 4.52. The smallest absolute Gasteiger partial charge is 0.303 e. The minimum absolute atomic E-state index is 0.260. The van der Waals surface area contributed by atoms with Crippen LogP contribution in [0.2, 0.25) is 0 Å². The van der Waals surface area contributed by atoms with Crippen LogP contribution in [0.4, 0.5) is 0 Å². The number of carboxylic acid groups (broad SMARTS) is 1. The number of aromatic nitrogens is 2. The average Bonchev–Trinajstić information content (AvgIpc) is 2.96. The molecule has 1 aromatic rings. The lowest BCUT2D eigenvalue weighted by molar-refractivity contribution is -0.137. The van der Waals surface area contributed by atoms with Gasteiger partial charge in [-0.1, -0.05) is 19.0 Å². The Hall–Kier alpha value is -1.43. The SMILES string of the molecule is CC(C)c1noc(CN2CCC(CCC(=O)O)C2)n1. The highest BCUT2D eigenvalue weighted by molar-refractivity contribution is 5.66. The van der Waals surface area contributed by atoms with Crippen molar-refractivity contribution in [1.82, 2.24) is 15.0 Å². The molecular formula is C13H21N3O3. The Morgan fingerprint density at radius 3 is 3.00 bits per heavy atom. The Morgan fingerprint density at radius 2 is 2.37 bits per heavy atom. The van der Waals surface area contributed by atoms with Gasteiger partial charge < -0.3 is 9.63 Å². The number of hydrogen-bond acceptors (Lipinski definition) is 5. The fourth-order valence-electron chi connectivity index (χ4n) is 2.38. The molecule has 1 atom stereocenters. The summed E-state index contributed by atoms with van der Waals surface area (Å²) >= 11 is 0. The number of likely N-dealkylation sites (tertiary alicyclic amines) is 1. The van der Waals surface area contributed by atoms with Crippen LogP contribution in [-0.2, 0) is 11.3 Å². The first-order valence-corrected chi connectivity index (χ1v) is 6.81. The molecule has 0 spiro atoms. The van der Waals surface area contributed by atoms with Crippen molar-refractivity contribution in [2.75, 3.05) is 13.1 Å². The molecule has 1 aromatic heterocycles. The van der Waals surface area contributed by atoms with Gasteiger partial charge in [0, 0.05) is 18.9 Å². The van der Waals surface area contributed by atoms with Gasteiger partial charge in [-0.15, -0.1) is 0 Å². The summed E-state index contributed by atoms with van der Waals surface area (Å²) in [5.74, 6) is 1.44. The monoisotopic (exact) mass is 267 g/mol. The summed E-state index contributed by atoms with van der Waals surface area (Å²) in [6, 6.07) is 0. The molecule has 1 aliphatic heterocycles. The molecule has 1 fully saturated rings. The van der Waals surface area contributed by atoms with Gasteiger partial charge in [0.25, 0.3) is 0 Å². The minimum atomic E-state index is -0.711. The third-order valence-corrected chi connectivity index (χ3v) is 3.50. The second-order valence-electron chi connectivity index (χ2n) is 5.52. The molecule has 1 saturated heterocycles. The topological polar surface area (TPSA) is 79.5 Å². The normalized spacial score (nSPS) is 20.3. The van der Waals surface area contributed by atoms with E-state index in [1.165, 1.54) is 0 Å². The molecule has 106 valence electrons. The van der Waals surface area contributed by atoms with E-state index >= 15 is 0 Å². The van der Waals surface area contributed by atoms with Crippen LogP contribution in [0.25, 0.3) is 0 Å². The summed E-state index contributed by atoms with van der Waals surface area (Å²) in [6.07, 6.45) is 2.07. The summed E-state index contributed by atoms with van der Waals surface area (Å²) in [5, 5.41) is 12.6. The molecule has 1 N–H and O–H groups in total. The second kappa shape index (κ2) is 6.14. The highest BCUT2D eigenvalue weighted by atomic mass is 16.5. The fraction of sp³-hybridized carbons (Fsp3) is 0.769. The van der Waals surface area contributed by atoms with Gasteiger partial charge in [-0.05, 0) is 25.3 Å². The van der Waals surface area contributed by atoms with Gasteiger partial charge in [0.1, 0.15) is 0 Å². The number of hydrogen-bond donors (Lipinski definition) is 1. The van der Waals surface area contributed by atoms with Crippen LogP contribution in [-0.4, -0.2) is 39.2 Å². The molecule has 0 saturated carbocycles. The Bertz CT molecular complexity index is 431. The van der Waals surface area contributed by atoms with Crippen molar-refractivity contribution in [3.63, 3.8) is 0 Å². The first kappa shape index (κ1) is 14.0. The van der Waals surface area contributed by atoms with Gasteiger partial charge in [-0.25, -0.2) is 0 Å².